The van der Waals surface area contributed by atoms with Crippen molar-refractivity contribution in [3.05, 3.63) is 24.0 Å². The maximum Gasteiger partial charge on any atom is 0.272 e. The highest BCUT2D eigenvalue weighted by molar-refractivity contribution is 5.92. The van der Waals surface area contributed by atoms with E-state index in [1.54, 1.807) is 18.3 Å². The molecule has 16 heavy (non-hydrogen) atoms. The van der Waals surface area contributed by atoms with Crippen molar-refractivity contribution < 1.29 is 4.79 Å². The van der Waals surface area contributed by atoms with Gasteiger partial charge in [0.2, 0.25) is 0 Å². The second-order valence-electron chi connectivity index (χ2n) is 4.94. The molecule has 1 aromatic heterocycles. The molecule has 1 amide bonds. The van der Waals surface area contributed by atoms with E-state index in [0.29, 0.717) is 11.6 Å². The first kappa shape index (κ1) is 11.0. The highest BCUT2D eigenvalue weighted by atomic mass is 16.2. The van der Waals surface area contributed by atoms with Gasteiger partial charge in [-0.05, 0) is 37.3 Å². The smallest absolute Gasteiger partial charge is 0.272 e. The molecule has 1 aromatic rings. The van der Waals surface area contributed by atoms with Crippen molar-refractivity contribution in [2.24, 2.45) is 5.92 Å². The summed E-state index contributed by atoms with van der Waals surface area (Å²) in [4.78, 5) is 11.9. The molecule has 2 rings (SSSR count). The Labute approximate surface area is 95.5 Å². The Morgan fingerprint density at radius 1 is 1.56 bits per heavy atom. The van der Waals surface area contributed by atoms with Crippen LogP contribution in [0.1, 0.15) is 43.6 Å². The molecule has 1 fully saturated rings. The summed E-state index contributed by atoms with van der Waals surface area (Å²) >= 11 is 0. The fraction of sp³-hybridized carbons (Fsp3) is 0.583. The molecule has 4 nitrogen and oxygen atoms in total. The first-order valence-corrected chi connectivity index (χ1v) is 5.71. The van der Waals surface area contributed by atoms with Crippen LogP contribution in [-0.2, 0) is 0 Å². The number of hydrogen-bond donors (Lipinski definition) is 1. The third-order valence-corrected chi connectivity index (χ3v) is 2.84. The summed E-state index contributed by atoms with van der Waals surface area (Å²) in [7, 11) is 0. The van der Waals surface area contributed by atoms with Gasteiger partial charge < -0.3 is 5.32 Å². The summed E-state index contributed by atoms with van der Waals surface area (Å²) in [6.07, 6.45) is 4.77. The van der Waals surface area contributed by atoms with Crippen molar-refractivity contribution in [3.8, 4) is 0 Å². The SMILES string of the molecule is CC(C)CC1(NC(=O)c2cccnn2)CC1. The second-order valence-corrected chi connectivity index (χ2v) is 4.94. The number of carbonyl (C=O) groups is 1. The molecule has 86 valence electrons. The predicted molar refractivity (Wildman–Crippen MR) is 60.9 cm³/mol. The van der Waals surface area contributed by atoms with E-state index in [0.717, 1.165) is 19.3 Å². The number of amides is 1. The number of rotatable bonds is 4. The summed E-state index contributed by atoms with van der Waals surface area (Å²) in [5.74, 6) is 0.496. The van der Waals surface area contributed by atoms with Crippen LogP contribution < -0.4 is 5.32 Å². The topological polar surface area (TPSA) is 54.9 Å². The molecule has 0 atom stereocenters. The van der Waals surface area contributed by atoms with Crippen LogP contribution in [-0.4, -0.2) is 21.6 Å². The lowest BCUT2D eigenvalue weighted by Gasteiger charge is -2.18. The van der Waals surface area contributed by atoms with Crippen LogP contribution in [0.4, 0.5) is 0 Å². The minimum atomic E-state index is -0.105. The zero-order chi connectivity index (χ0) is 11.6. The molecule has 1 heterocycles. The van der Waals surface area contributed by atoms with Gasteiger partial charge in [-0.2, -0.15) is 5.10 Å². The summed E-state index contributed by atoms with van der Waals surface area (Å²) in [5.41, 5.74) is 0.431. The summed E-state index contributed by atoms with van der Waals surface area (Å²) in [5, 5.41) is 10.6. The average molecular weight is 219 g/mol. The lowest BCUT2D eigenvalue weighted by atomic mass is 10.0. The van der Waals surface area contributed by atoms with E-state index < -0.39 is 0 Å². The zero-order valence-electron chi connectivity index (χ0n) is 9.73. The minimum absolute atomic E-state index is 0.0305. The largest absolute Gasteiger partial charge is 0.345 e. The highest BCUT2D eigenvalue weighted by Gasteiger charge is 2.44. The van der Waals surface area contributed by atoms with Gasteiger partial charge in [0.25, 0.3) is 5.91 Å². The quantitative estimate of drug-likeness (QED) is 0.839. The molecule has 0 saturated heterocycles. The number of nitrogens with one attached hydrogen (secondary N) is 1. The van der Waals surface area contributed by atoms with Crippen LogP contribution >= 0.6 is 0 Å². The Balaban J connectivity index is 1.98. The minimum Gasteiger partial charge on any atom is -0.345 e. The van der Waals surface area contributed by atoms with Crippen molar-refractivity contribution in [2.45, 2.75) is 38.6 Å². The van der Waals surface area contributed by atoms with Gasteiger partial charge in [0.15, 0.2) is 5.69 Å². The molecular weight excluding hydrogens is 202 g/mol. The van der Waals surface area contributed by atoms with Crippen LogP contribution in [0.5, 0.6) is 0 Å². The van der Waals surface area contributed by atoms with Crippen LogP contribution in [0.2, 0.25) is 0 Å². The Morgan fingerprint density at radius 3 is 2.81 bits per heavy atom. The molecule has 1 aliphatic rings. The van der Waals surface area contributed by atoms with Gasteiger partial charge in [0.05, 0.1) is 0 Å². The maximum atomic E-state index is 11.9. The lowest BCUT2D eigenvalue weighted by molar-refractivity contribution is 0.0920. The van der Waals surface area contributed by atoms with E-state index >= 15 is 0 Å². The van der Waals surface area contributed by atoms with Crippen molar-refractivity contribution in [1.29, 1.82) is 0 Å². The van der Waals surface area contributed by atoms with Gasteiger partial charge in [-0.3, -0.25) is 4.79 Å². The number of aromatic nitrogens is 2. The predicted octanol–water partition coefficient (Wildman–Crippen LogP) is 1.79. The van der Waals surface area contributed by atoms with Gasteiger partial charge in [0.1, 0.15) is 0 Å². The van der Waals surface area contributed by atoms with Gasteiger partial charge in [-0.1, -0.05) is 13.8 Å². The van der Waals surface area contributed by atoms with E-state index in [1.165, 1.54) is 0 Å². The average Bonchev–Trinajstić information content (AvgIpc) is 2.98. The normalized spacial score (nSPS) is 17.2. The van der Waals surface area contributed by atoms with E-state index in [-0.39, 0.29) is 11.4 Å². The third kappa shape index (κ3) is 2.56. The fourth-order valence-corrected chi connectivity index (χ4v) is 2.04. The van der Waals surface area contributed by atoms with E-state index in [9.17, 15) is 4.79 Å². The van der Waals surface area contributed by atoms with Crippen LogP contribution in [0.25, 0.3) is 0 Å². The van der Waals surface area contributed by atoms with Gasteiger partial charge in [0, 0.05) is 11.7 Å². The van der Waals surface area contributed by atoms with Gasteiger partial charge in [-0.15, -0.1) is 5.10 Å². The van der Waals surface area contributed by atoms with Crippen LogP contribution in [0, 0.1) is 5.92 Å². The molecule has 4 heteroatoms. The lowest BCUT2D eigenvalue weighted by Crippen LogP contribution is -2.38. The maximum absolute atomic E-state index is 11.9. The van der Waals surface area contributed by atoms with E-state index in [1.807, 2.05) is 0 Å². The first-order chi connectivity index (χ1) is 7.61. The molecule has 1 aliphatic carbocycles. The molecule has 0 aromatic carbocycles. The third-order valence-electron chi connectivity index (χ3n) is 2.84. The monoisotopic (exact) mass is 219 g/mol. The zero-order valence-corrected chi connectivity index (χ0v) is 9.73. The number of nitrogens with zero attached hydrogens (tertiary/aromatic N) is 2. The molecular formula is C12H17N3O. The standard InChI is InChI=1S/C12H17N3O/c1-9(2)8-12(5-6-12)14-11(16)10-4-3-7-13-15-10/h3-4,7,9H,5-6,8H2,1-2H3,(H,14,16). The second kappa shape index (κ2) is 4.20. The fourth-order valence-electron chi connectivity index (χ4n) is 2.04. The first-order valence-electron chi connectivity index (χ1n) is 5.71. The summed E-state index contributed by atoms with van der Waals surface area (Å²) in [6.45, 7) is 4.35. The van der Waals surface area contributed by atoms with Crippen molar-refractivity contribution in [2.75, 3.05) is 0 Å². The van der Waals surface area contributed by atoms with Gasteiger partial charge >= 0.3 is 0 Å². The van der Waals surface area contributed by atoms with Gasteiger partial charge in [-0.25, -0.2) is 0 Å². The molecule has 1 N–H and O–H groups in total. The van der Waals surface area contributed by atoms with E-state index in [4.69, 9.17) is 0 Å². The number of carbonyl (C=O) groups excluding carboxylic acids is 1. The Hall–Kier alpha value is -1.45. The summed E-state index contributed by atoms with van der Waals surface area (Å²) < 4.78 is 0. The van der Waals surface area contributed by atoms with Crippen molar-refractivity contribution >= 4 is 5.91 Å². The van der Waals surface area contributed by atoms with Crippen LogP contribution in [0.3, 0.4) is 0 Å². The summed E-state index contributed by atoms with van der Waals surface area (Å²) in [6, 6.07) is 3.41. The molecule has 0 radical (unpaired) electrons. The Bertz CT molecular complexity index is 371. The number of hydrogen-bond acceptors (Lipinski definition) is 3. The van der Waals surface area contributed by atoms with Crippen molar-refractivity contribution in [3.63, 3.8) is 0 Å². The molecule has 0 spiro atoms. The molecule has 1 saturated carbocycles. The van der Waals surface area contributed by atoms with Crippen molar-refractivity contribution in [1.82, 2.24) is 15.5 Å². The molecule has 0 aliphatic heterocycles. The Morgan fingerprint density at radius 2 is 2.31 bits per heavy atom. The van der Waals surface area contributed by atoms with E-state index in [2.05, 4.69) is 29.4 Å². The highest BCUT2D eigenvalue weighted by Crippen LogP contribution is 2.41. The molecule has 0 unspecified atom stereocenters. The van der Waals surface area contributed by atoms with Crippen LogP contribution in [0.15, 0.2) is 18.3 Å². The molecule has 0 bridgehead atoms. The Kier molecular flexibility index (Phi) is 2.90.